The van der Waals surface area contributed by atoms with Gasteiger partial charge in [-0.2, -0.15) is 0 Å². The van der Waals surface area contributed by atoms with Crippen LogP contribution in [-0.4, -0.2) is 30.7 Å². The summed E-state index contributed by atoms with van der Waals surface area (Å²) in [5.41, 5.74) is 2.01. The van der Waals surface area contributed by atoms with E-state index in [2.05, 4.69) is 22.1 Å². The van der Waals surface area contributed by atoms with E-state index >= 15 is 0 Å². The number of aryl methyl sites for hydroxylation is 1. The van der Waals surface area contributed by atoms with Crippen LogP contribution in [0.3, 0.4) is 0 Å². The Labute approximate surface area is 95.4 Å². The molecule has 0 amide bonds. The van der Waals surface area contributed by atoms with E-state index in [1.807, 2.05) is 19.2 Å². The molecule has 4 heteroatoms. The van der Waals surface area contributed by atoms with Crippen LogP contribution in [0, 0.1) is 6.92 Å². The highest BCUT2D eigenvalue weighted by Gasteiger charge is 2.18. The van der Waals surface area contributed by atoms with Gasteiger partial charge in [0.05, 0.1) is 16.4 Å². The maximum atomic E-state index is 6.25. The first-order chi connectivity index (χ1) is 7.18. The lowest BCUT2D eigenvalue weighted by Gasteiger charge is -2.34. The summed E-state index contributed by atoms with van der Waals surface area (Å²) in [7, 11) is 0. The van der Waals surface area contributed by atoms with Crippen molar-refractivity contribution in [1.82, 2.24) is 10.3 Å². The molecule has 0 radical (unpaired) electrons. The summed E-state index contributed by atoms with van der Waals surface area (Å²) in [5.74, 6) is 0. The molecular formula is C11H16ClN3. The Morgan fingerprint density at radius 1 is 1.60 bits per heavy atom. The third-order valence-corrected chi connectivity index (χ3v) is 3.22. The zero-order chi connectivity index (χ0) is 10.8. The Hall–Kier alpha value is -0.800. The van der Waals surface area contributed by atoms with Crippen LogP contribution >= 0.6 is 11.6 Å². The van der Waals surface area contributed by atoms with E-state index in [1.165, 1.54) is 0 Å². The van der Waals surface area contributed by atoms with Gasteiger partial charge in [-0.05, 0) is 19.9 Å². The van der Waals surface area contributed by atoms with Gasteiger partial charge in [0.15, 0.2) is 0 Å². The topological polar surface area (TPSA) is 28.2 Å². The number of hydrogen-bond donors (Lipinski definition) is 1. The average Bonchev–Trinajstić information content (AvgIpc) is 2.22. The fraction of sp³-hybridized carbons (Fsp3) is 0.545. The molecule has 1 unspecified atom stereocenters. The van der Waals surface area contributed by atoms with Crippen molar-refractivity contribution >= 4 is 17.3 Å². The maximum absolute atomic E-state index is 6.25. The Morgan fingerprint density at radius 3 is 3.13 bits per heavy atom. The number of halogens is 1. The van der Waals surface area contributed by atoms with Gasteiger partial charge >= 0.3 is 0 Å². The van der Waals surface area contributed by atoms with E-state index in [0.29, 0.717) is 6.04 Å². The Kier molecular flexibility index (Phi) is 3.12. The zero-order valence-corrected chi connectivity index (χ0v) is 9.88. The van der Waals surface area contributed by atoms with Crippen LogP contribution in [0.15, 0.2) is 12.3 Å². The number of pyridine rings is 1. The monoisotopic (exact) mass is 225 g/mol. The summed E-state index contributed by atoms with van der Waals surface area (Å²) in [6.45, 7) is 7.15. The minimum atomic E-state index is 0.517. The van der Waals surface area contributed by atoms with E-state index in [-0.39, 0.29) is 0 Å². The van der Waals surface area contributed by atoms with Crippen LogP contribution in [0.5, 0.6) is 0 Å². The number of nitrogens with one attached hydrogen (secondary N) is 1. The molecule has 3 nitrogen and oxygen atoms in total. The summed E-state index contributed by atoms with van der Waals surface area (Å²) in [6, 6.07) is 2.51. The molecule has 1 N–H and O–H groups in total. The van der Waals surface area contributed by atoms with E-state index < -0.39 is 0 Å². The van der Waals surface area contributed by atoms with Gasteiger partial charge in [-0.3, -0.25) is 4.98 Å². The molecule has 0 aromatic carbocycles. The first kappa shape index (κ1) is 10.7. The Balaban J connectivity index is 2.24. The highest BCUT2D eigenvalue weighted by molar-refractivity contribution is 6.33. The highest BCUT2D eigenvalue weighted by atomic mass is 35.5. The number of nitrogens with zero attached hydrogens (tertiary/aromatic N) is 2. The molecule has 2 heterocycles. The fourth-order valence-corrected chi connectivity index (χ4v) is 2.16. The van der Waals surface area contributed by atoms with Crippen molar-refractivity contribution < 1.29 is 0 Å². The van der Waals surface area contributed by atoms with Gasteiger partial charge < -0.3 is 10.2 Å². The summed E-state index contributed by atoms with van der Waals surface area (Å²) in [4.78, 5) is 6.50. The molecular weight excluding hydrogens is 210 g/mol. The molecule has 2 rings (SSSR count). The van der Waals surface area contributed by atoms with Gasteiger partial charge in [-0.25, -0.2) is 0 Å². The predicted molar refractivity (Wildman–Crippen MR) is 63.7 cm³/mol. The lowest BCUT2D eigenvalue weighted by molar-refractivity contribution is 0.485. The molecule has 1 atom stereocenters. The van der Waals surface area contributed by atoms with E-state index in [0.717, 1.165) is 36.0 Å². The SMILES string of the molecule is Cc1nccc(N2CCNC(C)C2)c1Cl. The van der Waals surface area contributed by atoms with E-state index in [1.54, 1.807) is 0 Å². The second-order valence-electron chi connectivity index (χ2n) is 4.03. The largest absolute Gasteiger partial charge is 0.367 e. The number of piperazine rings is 1. The second-order valence-corrected chi connectivity index (χ2v) is 4.41. The molecule has 1 saturated heterocycles. The van der Waals surface area contributed by atoms with Crippen molar-refractivity contribution in [1.29, 1.82) is 0 Å². The normalized spacial score (nSPS) is 21.8. The number of rotatable bonds is 1. The lowest BCUT2D eigenvalue weighted by Crippen LogP contribution is -2.49. The van der Waals surface area contributed by atoms with Crippen LogP contribution in [0.25, 0.3) is 0 Å². The molecule has 0 bridgehead atoms. The van der Waals surface area contributed by atoms with Crippen molar-refractivity contribution in [2.24, 2.45) is 0 Å². The first-order valence-corrected chi connectivity index (χ1v) is 5.65. The summed E-state index contributed by atoms with van der Waals surface area (Å²) >= 11 is 6.25. The average molecular weight is 226 g/mol. The number of anilines is 1. The third-order valence-electron chi connectivity index (χ3n) is 2.75. The molecule has 0 saturated carbocycles. The summed E-state index contributed by atoms with van der Waals surface area (Å²) in [6.07, 6.45) is 1.82. The molecule has 1 fully saturated rings. The second kappa shape index (κ2) is 4.37. The Bertz CT molecular complexity index is 354. The lowest BCUT2D eigenvalue weighted by atomic mass is 10.2. The van der Waals surface area contributed by atoms with Crippen molar-refractivity contribution in [2.75, 3.05) is 24.5 Å². The van der Waals surface area contributed by atoms with Gasteiger partial charge in [0, 0.05) is 31.9 Å². The van der Waals surface area contributed by atoms with Gasteiger partial charge in [0.1, 0.15) is 0 Å². The zero-order valence-electron chi connectivity index (χ0n) is 9.13. The third kappa shape index (κ3) is 2.24. The predicted octanol–water partition coefficient (Wildman–Crippen LogP) is 1.84. The van der Waals surface area contributed by atoms with E-state index in [4.69, 9.17) is 11.6 Å². The standard InChI is InChI=1S/C11H16ClN3/c1-8-7-15(6-5-13-8)10-3-4-14-9(2)11(10)12/h3-4,8,13H,5-7H2,1-2H3. The van der Waals surface area contributed by atoms with Crippen molar-refractivity contribution in [3.8, 4) is 0 Å². The van der Waals surface area contributed by atoms with Crippen LogP contribution in [-0.2, 0) is 0 Å². The smallest absolute Gasteiger partial charge is 0.0851 e. The first-order valence-electron chi connectivity index (χ1n) is 5.28. The van der Waals surface area contributed by atoms with Gasteiger partial charge in [-0.1, -0.05) is 11.6 Å². The Morgan fingerprint density at radius 2 is 2.40 bits per heavy atom. The molecule has 82 valence electrons. The fourth-order valence-electron chi connectivity index (χ4n) is 1.93. The molecule has 1 aliphatic heterocycles. The van der Waals surface area contributed by atoms with Gasteiger partial charge in [-0.15, -0.1) is 0 Å². The van der Waals surface area contributed by atoms with Crippen molar-refractivity contribution in [3.63, 3.8) is 0 Å². The highest BCUT2D eigenvalue weighted by Crippen LogP contribution is 2.27. The molecule has 0 spiro atoms. The quantitative estimate of drug-likeness (QED) is 0.791. The maximum Gasteiger partial charge on any atom is 0.0851 e. The van der Waals surface area contributed by atoms with Gasteiger partial charge in [0.25, 0.3) is 0 Å². The van der Waals surface area contributed by atoms with Crippen LogP contribution in [0.2, 0.25) is 5.02 Å². The van der Waals surface area contributed by atoms with Crippen molar-refractivity contribution in [2.45, 2.75) is 19.9 Å². The van der Waals surface area contributed by atoms with Crippen LogP contribution < -0.4 is 10.2 Å². The molecule has 1 aromatic heterocycles. The summed E-state index contributed by atoms with van der Waals surface area (Å²) in [5, 5.41) is 4.20. The van der Waals surface area contributed by atoms with Crippen molar-refractivity contribution in [3.05, 3.63) is 23.0 Å². The minimum Gasteiger partial charge on any atom is -0.367 e. The van der Waals surface area contributed by atoms with E-state index in [9.17, 15) is 0 Å². The number of hydrogen-bond acceptors (Lipinski definition) is 3. The number of aromatic nitrogens is 1. The van der Waals surface area contributed by atoms with Crippen LogP contribution in [0.4, 0.5) is 5.69 Å². The molecule has 0 aliphatic carbocycles. The summed E-state index contributed by atoms with van der Waals surface area (Å²) < 4.78 is 0. The minimum absolute atomic E-state index is 0.517. The molecule has 1 aliphatic rings. The van der Waals surface area contributed by atoms with Crippen LogP contribution in [0.1, 0.15) is 12.6 Å². The van der Waals surface area contributed by atoms with Gasteiger partial charge in [0.2, 0.25) is 0 Å². The molecule has 15 heavy (non-hydrogen) atoms. The molecule has 1 aromatic rings.